The molecule has 0 saturated heterocycles. The summed E-state index contributed by atoms with van der Waals surface area (Å²) in [6.45, 7) is 5.99. The zero-order valence-electron chi connectivity index (χ0n) is 11.1. The van der Waals surface area contributed by atoms with E-state index >= 15 is 0 Å². The third-order valence-electron chi connectivity index (χ3n) is 3.87. The summed E-state index contributed by atoms with van der Waals surface area (Å²) in [5.41, 5.74) is 5.09. The highest BCUT2D eigenvalue weighted by Crippen LogP contribution is 2.34. The summed E-state index contributed by atoms with van der Waals surface area (Å²) in [5.74, 6) is 0.816. The molecular formula is C13H24N2OS. The SMILES string of the molecule is CCC(CC)(C(=O)NC(C)CC1CC1)C(N)=S. The average Bonchev–Trinajstić information content (AvgIpc) is 3.03. The number of thiocarbonyl (C=S) groups is 1. The lowest BCUT2D eigenvalue weighted by atomic mass is 9.81. The predicted molar refractivity (Wildman–Crippen MR) is 74.7 cm³/mol. The van der Waals surface area contributed by atoms with E-state index in [-0.39, 0.29) is 11.9 Å². The van der Waals surface area contributed by atoms with Crippen LogP contribution in [0.1, 0.15) is 52.9 Å². The number of nitrogens with one attached hydrogen (secondary N) is 1. The lowest BCUT2D eigenvalue weighted by Crippen LogP contribution is -2.50. The number of amides is 1. The van der Waals surface area contributed by atoms with E-state index in [1.165, 1.54) is 12.8 Å². The highest BCUT2D eigenvalue weighted by Gasteiger charge is 2.38. The number of rotatable bonds is 7. The standard InChI is InChI=1S/C13H24N2OS/c1-4-13(5-2,11(14)17)12(16)15-9(3)8-10-6-7-10/h9-10H,4-8H2,1-3H3,(H2,14,17)(H,15,16). The van der Waals surface area contributed by atoms with Crippen molar-refractivity contribution in [3.05, 3.63) is 0 Å². The topological polar surface area (TPSA) is 55.1 Å². The minimum atomic E-state index is -0.660. The van der Waals surface area contributed by atoms with Crippen molar-refractivity contribution in [1.82, 2.24) is 5.32 Å². The molecule has 0 aliphatic heterocycles. The Morgan fingerprint density at radius 1 is 1.47 bits per heavy atom. The van der Waals surface area contributed by atoms with Gasteiger partial charge in [0.2, 0.25) is 5.91 Å². The molecule has 98 valence electrons. The zero-order valence-corrected chi connectivity index (χ0v) is 11.9. The van der Waals surface area contributed by atoms with E-state index in [9.17, 15) is 4.79 Å². The van der Waals surface area contributed by atoms with Crippen molar-refractivity contribution in [1.29, 1.82) is 0 Å². The Kier molecular flexibility index (Phi) is 4.92. The molecule has 1 rings (SSSR count). The van der Waals surface area contributed by atoms with Crippen LogP contribution in [0.5, 0.6) is 0 Å². The van der Waals surface area contributed by atoms with Gasteiger partial charge in [-0.25, -0.2) is 0 Å². The van der Waals surface area contributed by atoms with Crippen LogP contribution in [-0.2, 0) is 4.79 Å². The molecule has 0 aromatic carbocycles. The van der Waals surface area contributed by atoms with Gasteiger partial charge < -0.3 is 11.1 Å². The summed E-state index contributed by atoms with van der Waals surface area (Å²) in [5, 5.41) is 3.07. The van der Waals surface area contributed by atoms with E-state index in [1.54, 1.807) is 0 Å². The molecule has 0 spiro atoms. The van der Waals surface area contributed by atoms with Gasteiger partial charge in [0, 0.05) is 6.04 Å². The molecule has 3 nitrogen and oxygen atoms in total. The first kappa shape index (κ1) is 14.4. The van der Waals surface area contributed by atoms with Crippen molar-refractivity contribution in [3.8, 4) is 0 Å². The molecule has 1 amide bonds. The molecule has 0 bridgehead atoms. The van der Waals surface area contributed by atoms with Gasteiger partial charge in [0.15, 0.2) is 0 Å². The first-order valence-electron chi connectivity index (χ1n) is 6.57. The minimum absolute atomic E-state index is 0.00292. The van der Waals surface area contributed by atoms with Crippen LogP contribution in [0.2, 0.25) is 0 Å². The molecular weight excluding hydrogens is 232 g/mol. The predicted octanol–water partition coefficient (Wildman–Crippen LogP) is 2.38. The Morgan fingerprint density at radius 2 is 2.00 bits per heavy atom. The average molecular weight is 256 g/mol. The fourth-order valence-corrected chi connectivity index (χ4v) is 2.69. The highest BCUT2D eigenvalue weighted by atomic mass is 32.1. The number of hydrogen-bond acceptors (Lipinski definition) is 2. The molecule has 1 atom stereocenters. The minimum Gasteiger partial charge on any atom is -0.392 e. The Morgan fingerprint density at radius 3 is 2.35 bits per heavy atom. The number of hydrogen-bond donors (Lipinski definition) is 2. The smallest absolute Gasteiger partial charge is 0.233 e. The van der Waals surface area contributed by atoms with Crippen LogP contribution in [0.4, 0.5) is 0 Å². The highest BCUT2D eigenvalue weighted by molar-refractivity contribution is 7.80. The molecule has 1 aliphatic carbocycles. The van der Waals surface area contributed by atoms with Crippen molar-refractivity contribution in [2.45, 2.75) is 58.9 Å². The molecule has 0 radical (unpaired) electrons. The van der Waals surface area contributed by atoms with E-state index in [0.717, 1.165) is 12.3 Å². The van der Waals surface area contributed by atoms with Gasteiger partial charge >= 0.3 is 0 Å². The normalized spacial score (nSPS) is 17.6. The summed E-state index contributed by atoms with van der Waals surface area (Å²) in [6.07, 6.45) is 5.03. The van der Waals surface area contributed by atoms with Gasteiger partial charge in [-0.15, -0.1) is 0 Å². The molecule has 1 unspecified atom stereocenters. The van der Waals surface area contributed by atoms with E-state index in [1.807, 2.05) is 13.8 Å². The molecule has 3 N–H and O–H groups in total. The van der Waals surface area contributed by atoms with E-state index < -0.39 is 5.41 Å². The van der Waals surface area contributed by atoms with E-state index in [4.69, 9.17) is 18.0 Å². The molecule has 1 saturated carbocycles. The summed E-state index contributed by atoms with van der Waals surface area (Å²) < 4.78 is 0. The zero-order chi connectivity index (χ0) is 13.1. The molecule has 0 aromatic heterocycles. The van der Waals surface area contributed by atoms with Crippen LogP contribution >= 0.6 is 12.2 Å². The van der Waals surface area contributed by atoms with Gasteiger partial charge in [-0.2, -0.15) is 0 Å². The summed E-state index contributed by atoms with van der Waals surface area (Å²) >= 11 is 5.07. The third-order valence-corrected chi connectivity index (χ3v) is 4.27. The van der Waals surface area contributed by atoms with Crippen molar-refractivity contribution in [2.24, 2.45) is 17.1 Å². The van der Waals surface area contributed by atoms with Crippen LogP contribution in [0.15, 0.2) is 0 Å². The van der Waals surface area contributed by atoms with Crippen molar-refractivity contribution in [3.63, 3.8) is 0 Å². The van der Waals surface area contributed by atoms with Crippen LogP contribution in [0, 0.1) is 11.3 Å². The van der Waals surface area contributed by atoms with Gasteiger partial charge in [-0.3, -0.25) is 4.79 Å². The summed E-state index contributed by atoms with van der Waals surface area (Å²) in [4.78, 5) is 12.6. The first-order chi connectivity index (χ1) is 7.96. The number of carbonyl (C=O) groups is 1. The largest absolute Gasteiger partial charge is 0.392 e. The van der Waals surface area contributed by atoms with Gasteiger partial charge in [0.25, 0.3) is 0 Å². The van der Waals surface area contributed by atoms with Crippen molar-refractivity contribution >= 4 is 23.1 Å². The van der Waals surface area contributed by atoms with Crippen LogP contribution < -0.4 is 11.1 Å². The fraction of sp³-hybridized carbons (Fsp3) is 0.846. The third kappa shape index (κ3) is 3.41. The van der Waals surface area contributed by atoms with Gasteiger partial charge in [-0.1, -0.05) is 38.9 Å². The second-order valence-electron chi connectivity index (χ2n) is 5.21. The second kappa shape index (κ2) is 5.80. The second-order valence-corrected chi connectivity index (χ2v) is 5.65. The molecule has 17 heavy (non-hydrogen) atoms. The summed E-state index contributed by atoms with van der Waals surface area (Å²) in [7, 11) is 0. The Bertz CT molecular complexity index is 296. The quantitative estimate of drug-likeness (QED) is 0.688. The van der Waals surface area contributed by atoms with Crippen molar-refractivity contribution in [2.75, 3.05) is 0 Å². The number of nitrogens with two attached hydrogens (primary N) is 1. The maximum Gasteiger partial charge on any atom is 0.233 e. The lowest BCUT2D eigenvalue weighted by Gasteiger charge is -2.30. The van der Waals surface area contributed by atoms with Crippen LogP contribution in [-0.4, -0.2) is 16.9 Å². The monoisotopic (exact) mass is 256 g/mol. The Labute approximate surface area is 110 Å². The van der Waals surface area contributed by atoms with Gasteiger partial charge in [0.05, 0.1) is 10.4 Å². The van der Waals surface area contributed by atoms with Crippen LogP contribution in [0.25, 0.3) is 0 Å². The van der Waals surface area contributed by atoms with E-state index in [2.05, 4.69) is 12.2 Å². The molecule has 4 heteroatoms. The maximum absolute atomic E-state index is 12.3. The maximum atomic E-state index is 12.3. The van der Waals surface area contributed by atoms with Crippen molar-refractivity contribution < 1.29 is 4.79 Å². The molecule has 0 heterocycles. The summed E-state index contributed by atoms with van der Waals surface area (Å²) in [6, 6.07) is 0.224. The first-order valence-corrected chi connectivity index (χ1v) is 6.98. The Balaban J connectivity index is 2.60. The number of carbonyl (C=O) groups excluding carboxylic acids is 1. The molecule has 0 aromatic rings. The lowest BCUT2D eigenvalue weighted by molar-refractivity contribution is -0.128. The van der Waals surface area contributed by atoms with Gasteiger partial charge in [-0.05, 0) is 32.1 Å². The van der Waals surface area contributed by atoms with E-state index in [0.29, 0.717) is 17.8 Å². The van der Waals surface area contributed by atoms with Gasteiger partial charge in [0.1, 0.15) is 0 Å². The fourth-order valence-electron chi connectivity index (χ4n) is 2.31. The van der Waals surface area contributed by atoms with Crippen LogP contribution in [0.3, 0.4) is 0 Å². The Hall–Kier alpha value is -0.640. The molecule has 1 fully saturated rings. The molecule has 1 aliphatic rings.